The van der Waals surface area contributed by atoms with Crippen molar-refractivity contribution in [3.8, 4) is 0 Å². The molecule has 0 spiro atoms. The summed E-state index contributed by atoms with van der Waals surface area (Å²) in [4.78, 5) is 52.7. The van der Waals surface area contributed by atoms with Crippen LogP contribution in [-0.4, -0.2) is 70.5 Å². The van der Waals surface area contributed by atoms with Gasteiger partial charge < -0.3 is 25.6 Å². The zero-order chi connectivity index (χ0) is 35.1. The van der Waals surface area contributed by atoms with Crippen molar-refractivity contribution in [3.63, 3.8) is 0 Å². The van der Waals surface area contributed by atoms with Gasteiger partial charge in [-0.1, -0.05) is 24.3 Å². The predicted molar refractivity (Wildman–Crippen MR) is 194 cm³/mol. The van der Waals surface area contributed by atoms with E-state index in [2.05, 4.69) is 49.8 Å². The van der Waals surface area contributed by atoms with Gasteiger partial charge >= 0.3 is 6.09 Å². The summed E-state index contributed by atoms with van der Waals surface area (Å²) in [6, 6.07) is 14.5. The third-order valence-electron chi connectivity index (χ3n) is 7.73. The lowest BCUT2D eigenvalue weighted by molar-refractivity contribution is 0.0523. The van der Waals surface area contributed by atoms with Gasteiger partial charge in [0.05, 0.1) is 11.4 Å². The fourth-order valence-electron chi connectivity index (χ4n) is 5.24. The van der Waals surface area contributed by atoms with E-state index in [0.717, 1.165) is 61.5 Å². The van der Waals surface area contributed by atoms with E-state index >= 15 is 0 Å². The average Bonchev–Trinajstić information content (AvgIpc) is 3.65. The first-order valence-electron chi connectivity index (χ1n) is 16.2. The van der Waals surface area contributed by atoms with Gasteiger partial charge in [0.25, 0.3) is 11.8 Å². The maximum Gasteiger partial charge on any atom is 0.407 e. The number of alkyl carbamates (subject to hydrolysis) is 1. The molecule has 2 aliphatic heterocycles. The topological polar surface area (TPSA) is 155 Å². The molecule has 0 saturated heterocycles. The third kappa shape index (κ3) is 10.4. The van der Waals surface area contributed by atoms with E-state index in [1.54, 1.807) is 35.6 Å². The van der Waals surface area contributed by atoms with Crippen molar-refractivity contribution in [2.45, 2.75) is 65.4 Å². The Labute approximate surface area is 295 Å². The van der Waals surface area contributed by atoms with E-state index in [4.69, 9.17) is 10.5 Å². The zero-order valence-corrected chi connectivity index (χ0v) is 30.2. The van der Waals surface area contributed by atoms with E-state index in [0.29, 0.717) is 27.9 Å². The molecule has 0 radical (unpaired) electrons. The molecule has 2 aliphatic rings. The number of carbonyl (C=O) groups excluding carboxylic acids is 3. The molecule has 5 N–H and O–H groups in total. The first kappa shape index (κ1) is 36.1. The summed E-state index contributed by atoms with van der Waals surface area (Å²) in [5.74, 6) is -0.344. The Morgan fingerprint density at radius 2 is 1.31 bits per heavy atom. The summed E-state index contributed by atoms with van der Waals surface area (Å²) in [6.45, 7) is 9.93. The van der Waals surface area contributed by atoms with Gasteiger partial charge in [-0.3, -0.25) is 20.2 Å². The molecule has 4 aromatic rings. The van der Waals surface area contributed by atoms with Gasteiger partial charge in [0.1, 0.15) is 5.60 Å². The molecular formula is C35H44N8O4S2. The second-order valence-electron chi connectivity index (χ2n) is 13.1. The number of anilines is 2. The average molecular weight is 705 g/mol. The monoisotopic (exact) mass is 704 g/mol. The lowest BCUT2D eigenvalue weighted by Gasteiger charge is -2.20. The van der Waals surface area contributed by atoms with Gasteiger partial charge in [-0.2, -0.15) is 0 Å². The molecule has 2 aromatic heterocycles. The van der Waals surface area contributed by atoms with Gasteiger partial charge in [-0.25, -0.2) is 14.8 Å². The number of rotatable bonds is 7. The van der Waals surface area contributed by atoms with Crippen LogP contribution in [0.3, 0.4) is 0 Å². The van der Waals surface area contributed by atoms with Crippen LogP contribution >= 0.6 is 22.7 Å². The number of benzene rings is 2. The van der Waals surface area contributed by atoms with Crippen LogP contribution < -0.4 is 21.7 Å². The Balaban J connectivity index is 0.000000199. The zero-order valence-electron chi connectivity index (χ0n) is 28.6. The summed E-state index contributed by atoms with van der Waals surface area (Å²) in [6.07, 6.45) is 1.37. The smallest absolute Gasteiger partial charge is 0.407 e. The molecule has 0 bridgehead atoms. The molecule has 14 heteroatoms. The lowest BCUT2D eigenvalue weighted by atomic mass is 10.1. The molecule has 4 heterocycles. The molecule has 0 saturated carbocycles. The summed E-state index contributed by atoms with van der Waals surface area (Å²) in [5.41, 5.74) is 10.1. The Bertz CT molecular complexity index is 1800. The van der Waals surface area contributed by atoms with Crippen LogP contribution in [0.5, 0.6) is 0 Å². The van der Waals surface area contributed by atoms with Crippen molar-refractivity contribution in [2.24, 2.45) is 5.73 Å². The predicted octanol–water partition coefficient (Wildman–Crippen LogP) is 5.25. The second kappa shape index (κ2) is 16.0. The van der Waals surface area contributed by atoms with E-state index < -0.39 is 11.7 Å². The van der Waals surface area contributed by atoms with Gasteiger partial charge in [-0.05, 0) is 70.3 Å². The number of thiazole rings is 2. The minimum absolute atomic E-state index is 0.134. The fourth-order valence-corrected chi connectivity index (χ4v) is 7.41. The van der Waals surface area contributed by atoms with Crippen LogP contribution in [0.2, 0.25) is 0 Å². The van der Waals surface area contributed by atoms with Gasteiger partial charge in [0.2, 0.25) is 0 Å². The van der Waals surface area contributed by atoms with E-state index in [9.17, 15) is 14.4 Å². The van der Waals surface area contributed by atoms with Crippen molar-refractivity contribution >= 4 is 50.8 Å². The number of ether oxygens (including phenoxy) is 1. The molecule has 0 aliphatic carbocycles. The second-order valence-corrected chi connectivity index (χ2v) is 15.3. The Kier molecular flexibility index (Phi) is 11.8. The quantitative estimate of drug-likeness (QED) is 0.202. The highest BCUT2D eigenvalue weighted by Gasteiger charge is 2.21. The van der Waals surface area contributed by atoms with Gasteiger partial charge in [0, 0.05) is 73.0 Å². The molecule has 0 fully saturated rings. The molecule has 0 atom stereocenters. The van der Waals surface area contributed by atoms with Crippen molar-refractivity contribution < 1.29 is 19.1 Å². The number of aromatic nitrogens is 2. The third-order valence-corrected chi connectivity index (χ3v) is 9.73. The standard InChI is InChI=1S/C20H26N4O3S.C15H18N4OS/c1-20(2,3)27-19(26)21-11-13-6-5-7-14(10-13)17(25)23-18-22-15-8-9-24(4)12-16(15)28-18;1-19-6-5-12-13(9-19)21-15(17-12)18-14(20)11-4-2-3-10(7-11)8-16/h5-7,10H,8-9,11-12H2,1-4H3,(H,21,26)(H,22,23,25);2-4,7H,5-6,8-9,16H2,1H3,(H,17,18,20). The Morgan fingerprint density at radius 1 is 0.816 bits per heavy atom. The Morgan fingerprint density at radius 3 is 1.80 bits per heavy atom. The number of nitrogens with two attached hydrogens (primary N) is 1. The minimum Gasteiger partial charge on any atom is -0.444 e. The fraction of sp³-hybridized carbons (Fsp3) is 0.400. The minimum atomic E-state index is -0.548. The molecule has 12 nitrogen and oxygen atoms in total. The maximum atomic E-state index is 12.6. The summed E-state index contributed by atoms with van der Waals surface area (Å²) < 4.78 is 5.22. The van der Waals surface area contributed by atoms with E-state index in [1.165, 1.54) is 21.1 Å². The summed E-state index contributed by atoms with van der Waals surface area (Å²) in [7, 11) is 4.18. The van der Waals surface area contributed by atoms with E-state index in [-0.39, 0.29) is 18.4 Å². The van der Waals surface area contributed by atoms with Crippen molar-refractivity contribution in [1.29, 1.82) is 0 Å². The Hall–Kier alpha value is -4.21. The molecule has 260 valence electrons. The summed E-state index contributed by atoms with van der Waals surface area (Å²) in [5, 5.41) is 9.79. The first-order valence-corrected chi connectivity index (χ1v) is 17.8. The SMILES string of the molecule is CN1CCc2nc(NC(=O)c3cccc(CN)c3)sc2C1.CN1CCc2nc(NC(=O)c3cccc(CNC(=O)OC(C)(C)C)c3)sc2C1. The normalized spacial score (nSPS) is 14.5. The first-order chi connectivity index (χ1) is 23.3. The van der Waals surface area contributed by atoms with Crippen LogP contribution in [0.15, 0.2) is 48.5 Å². The van der Waals surface area contributed by atoms with Gasteiger partial charge in [-0.15, -0.1) is 22.7 Å². The molecule has 6 rings (SSSR count). The highest BCUT2D eigenvalue weighted by Crippen LogP contribution is 2.29. The molecule has 49 heavy (non-hydrogen) atoms. The number of nitrogens with zero attached hydrogens (tertiary/aromatic N) is 4. The van der Waals surface area contributed by atoms with Crippen molar-refractivity contribution in [3.05, 3.63) is 91.9 Å². The number of amides is 3. The number of carbonyl (C=O) groups is 3. The molecule has 2 aromatic carbocycles. The van der Waals surface area contributed by atoms with Crippen LogP contribution in [0.4, 0.5) is 15.1 Å². The number of nitrogens with one attached hydrogen (secondary N) is 3. The number of likely N-dealkylation sites (N-methyl/N-ethyl adjacent to an activating group) is 2. The van der Waals surface area contributed by atoms with Crippen molar-refractivity contribution in [1.82, 2.24) is 25.1 Å². The van der Waals surface area contributed by atoms with Crippen molar-refractivity contribution in [2.75, 3.05) is 37.8 Å². The number of hydrogen-bond donors (Lipinski definition) is 4. The maximum absolute atomic E-state index is 12.6. The van der Waals surface area contributed by atoms with Gasteiger partial charge in [0.15, 0.2) is 10.3 Å². The highest BCUT2D eigenvalue weighted by atomic mass is 32.1. The number of fused-ring (bicyclic) bond motifs is 2. The van der Waals surface area contributed by atoms with Crippen LogP contribution in [-0.2, 0) is 43.8 Å². The largest absolute Gasteiger partial charge is 0.444 e. The number of hydrogen-bond acceptors (Lipinski definition) is 11. The van der Waals surface area contributed by atoms with E-state index in [1.807, 2.05) is 45.0 Å². The van der Waals surface area contributed by atoms with Crippen LogP contribution in [0.1, 0.15) is 73.8 Å². The summed E-state index contributed by atoms with van der Waals surface area (Å²) >= 11 is 3.09. The highest BCUT2D eigenvalue weighted by molar-refractivity contribution is 7.16. The molecule has 3 amide bonds. The van der Waals surface area contributed by atoms with Crippen LogP contribution in [0.25, 0.3) is 0 Å². The van der Waals surface area contributed by atoms with Crippen LogP contribution in [0, 0.1) is 0 Å². The molecular weight excluding hydrogens is 661 g/mol. The molecule has 0 unspecified atom stereocenters. The lowest BCUT2D eigenvalue weighted by Crippen LogP contribution is -2.32.